The molecule has 5 rings (SSSR count). The topological polar surface area (TPSA) is 93.2 Å². The van der Waals surface area contributed by atoms with Crippen LogP contribution in [0.2, 0.25) is 10.0 Å². The molecule has 11 heteroatoms. The summed E-state index contributed by atoms with van der Waals surface area (Å²) in [5, 5.41) is 5.42. The van der Waals surface area contributed by atoms with Crippen LogP contribution in [0.1, 0.15) is 68.5 Å². The summed E-state index contributed by atoms with van der Waals surface area (Å²) in [6, 6.07) is 4.77. The fourth-order valence-corrected chi connectivity index (χ4v) is 5.79. The Labute approximate surface area is 226 Å². The Morgan fingerprint density at radius 3 is 2.54 bits per heavy atom. The quantitative estimate of drug-likeness (QED) is 0.465. The molecule has 2 saturated heterocycles. The Balaban J connectivity index is 0.00000156. The number of anilines is 1. The Morgan fingerprint density at radius 2 is 1.89 bits per heavy atom. The van der Waals surface area contributed by atoms with E-state index in [1.165, 1.54) is 6.42 Å². The number of fused-ring (bicyclic) bond motifs is 1. The molecule has 4 heterocycles. The summed E-state index contributed by atoms with van der Waals surface area (Å²) in [4.78, 5) is 25.5. The first-order chi connectivity index (χ1) is 17.8. The lowest BCUT2D eigenvalue weighted by Gasteiger charge is -2.42. The van der Waals surface area contributed by atoms with Crippen LogP contribution in [0.5, 0.6) is 0 Å². The van der Waals surface area contributed by atoms with Crippen LogP contribution in [0.25, 0.3) is 11.2 Å². The zero-order valence-corrected chi connectivity index (χ0v) is 23.0. The van der Waals surface area contributed by atoms with Gasteiger partial charge in [0.25, 0.3) is 5.91 Å². The lowest BCUT2D eigenvalue weighted by molar-refractivity contribution is 0.0766. The third-order valence-corrected chi connectivity index (χ3v) is 7.66. The van der Waals surface area contributed by atoms with E-state index in [1.807, 2.05) is 31.7 Å². The first kappa shape index (κ1) is 27.5. The highest BCUT2D eigenvalue weighted by atomic mass is 35.5. The van der Waals surface area contributed by atoms with E-state index >= 15 is 4.39 Å². The Bertz CT molecular complexity index is 1250. The molecule has 2 fully saturated rings. The van der Waals surface area contributed by atoms with Crippen molar-refractivity contribution in [1.82, 2.24) is 24.6 Å². The molecule has 3 atom stereocenters. The normalized spacial score (nSPS) is 21.4. The maximum Gasteiger partial charge on any atom is 0.271 e. The maximum absolute atomic E-state index is 15.3. The van der Waals surface area contributed by atoms with E-state index in [2.05, 4.69) is 15.0 Å². The molecule has 37 heavy (non-hydrogen) atoms. The molecule has 8 nitrogen and oxygen atoms in total. The number of carbonyl (C=O) groups is 1. The van der Waals surface area contributed by atoms with Crippen LogP contribution < -0.4 is 10.6 Å². The van der Waals surface area contributed by atoms with Crippen LogP contribution >= 0.6 is 23.2 Å². The smallest absolute Gasteiger partial charge is 0.271 e. The van der Waals surface area contributed by atoms with Gasteiger partial charge in [-0.25, -0.2) is 19.0 Å². The molecule has 0 saturated carbocycles. The number of benzene rings is 1. The van der Waals surface area contributed by atoms with Crippen molar-refractivity contribution in [3.05, 3.63) is 45.7 Å². The summed E-state index contributed by atoms with van der Waals surface area (Å²) < 4.78 is 16.9. The van der Waals surface area contributed by atoms with Crippen molar-refractivity contribution < 1.29 is 9.18 Å². The average molecular weight is 551 g/mol. The standard InChI is InChI=1S/C24H28Cl2FN7O.C2H6/c1-14(16-6-5-15(25)11-17(16)26)34-24-22(21(31-34)23(28)35)29-12-20(30-24)33-10-7-19(18(27)13-33)32-8-3-2-4-9-32;1-2/h5-6,11-12,14,18-19H,2-4,7-10,13H2,1H3,(H2,28,35);1-2H3. The van der Waals surface area contributed by atoms with Crippen LogP contribution in [0.4, 0.5) is 10.2 Å². The lowest BCUT2D eigenvalue weighted by atomic mass is 9.98. The van der Waals surface area contributed by atoms with Gasteiger partial charge in [0.15, 0.2) is 11.3 Å². The van der Waals surface area contributed by atoms with E-state index in [0.29, 0.717) is 33.6 Å². The second-order valence-corrected chi connectivity index (χ2v) is 10.2. The summed E-state index contributed by atoms with van der Waals surface area (Å²) in [5.41, 5.74) is 7.06. The van der Waals surface area contributed by atoms with E-state index in [-0.39, 0.29) is 24.3 Å². The summed E-state index contributed by atoms with van der Waals surface area (Å²) >= 11 is 12.5. The highest BCUT2D eigenvalue weighted by Gasteiger charge is 2.35. The minimum atomic E-state index is -0.975. The van der Waals surface area contributed by atoms with Crippen LogP contribution in [0.3, 0.4) is 0 Å². The van der Waals surface area contributed by atoms with Crippen LogP contribution in [-0.2, 0) is 0 Å². The number of likely N-dealkylation sites (tertiary alicyclic amines) is 1. The monoisotopic (exact) mass is 549 g/mol. The molecule has 200 valence electrons. The summed E-state index contributed by atoms with van der Waals surface area (Å²) in [5.74, 6) is -0.153. The largest absolute Gasteiger partial charge is 0.364 e. The van der Waals surface area contributed by atoms with Crippen molar-refractivity contribution in [2.24, 2.45) is 5.73 Å². The van der Waals surface area contributed by atoms with Crippen molar-refractivity contribution in [1.29, 1.82) is 0 Å². The van der Waals surface area contributed by atoms with Gasteiger partial charge in [-0.05, 0) is 57.0 Å². The predicted molar refractivity (Wildman–Crippen MR) is 146 cm³/mol. The van der Waals surface area contributed by atoms with Crippen molar-refractivity contribution in [3.8, 4) is 0 Å². The molecule has 1 amide bonds. The first-order valence-electron chi connectivity index (χ1n) is 13.0. The number of nitrogens with zero attached hydrogens (tertiary/aromatic N) is 6. The molecule has 2 N–H and O–H groups in total. The minimum absolute atomic E-state index is 0.0307. The maximum atomic E-state index is 15.3. The number of amides is 1. The molecule has 3 unspecified atom stereocenters. The van der Waals surface area contributed by atoms with Crippen LogP contribution in [-0.4, -0.2) is 68.9 Å². The van der Waals surface area contributed by atoms with Gasteiger partial charge in [0.1, 0.15) is 17.5 Å². The number of halogens is 3. The van der Waals surface area contributed by atoms with Gasteiger partial charge >= 0.3 is 0 Å². The Hall–Kier alpha value is -2.49. The number of hydrogen-bond acceptors (Lipinski definition) is 6. The Kier molecular flexibility index (Phi) is 8.87. The molecule has 2 aromatic heterocycles. The first-order valence-corrected chi connectivity index (χ1v) is 13.7. The highest BCUT2D eigenvalue weighted by Crippen LogP contribution is 2.32. The second-order valence-electron chi connectivity index (χ2n) is 9.31. The molecule has 0 radical (unpaired) electrons. The van der Waals surface area contributed by atoms with Gasteiger partial charge in [0.05, 0.1) is 18.8 Å². The van der Waals surface area contributed by atoms with Crippen molar-refractivity contribution in [3.63, 3.8) is 0 Å². The van der Waals surface area contributed by atoms with E-state index in [4.69, 9.17) is 33.9 Å². The number of rotatable bonds is 5. The minimum Gasteiger partial charge on any atom is -0.364 e. The number of carbonyl (C=O) groups excluding carboxylic acids is 1. The molecule has 3 aromatic rings. The zero-order valence-electron chi connectivity index (χ0n) is 21.5. The molecule has 2 aliphatic heterocycles. The molecule has 1 aromatic carbocycles. The van der Waals surface area contributed by atoms with Crippen molar-refractivity contribution in [2.75, 3.05) is 31.1 Å². The average Bonchev–Trinajstić information content (AvgIpc) is 3.29. The Morgan fingerprint density at radius 1 is 1.16 bits per heavy atom. The number of alkyl halides is 1. The SMILES string of the molecule is CC.CC(c1ccc(Cl)cc1Cl)n1nc(C(N)=O)c2ncc(N3CCC(N4CCCCC4)C(F)C3)nc21. The van der Waals surface area contributed by atoms with Gasteiger partial charge in [-0.2, -0.15) is 5.10 Å². The highest BCUT2D eigenvalue weighted by molar-refractivity contribution is 6.35. The van der Waals surface area contributed by atoms with E-state index in [0.717, 1.165) is 37.9 Å². The lowest BCUT2D eigenvalue weighted by Crippen LogP contribution is -2.54. The van der Waals surface area contributed by atoms with Gasteiger partial charge in [0, 0.05) is 22.6 Å². The molecule has 0 bridgehead atoms. The van der Waals surface area contributed by atoms with E-state index in [1.54, 1.807) is 23.0 Å². The van der Waals surface area contributed by atoms with Crippen LogP contribution in [0.15, 0.2) is 24.4 Å². The second kappa shape index (κ2) is 11.9. The van der Waals surface area contributed by atoms with Gasteiger partial charge in [-0.3, -0.25) is 9.69 Å². The molecular formula is C26H34Cl2FN7O. The summed E-state index contributed by atoms with van der Waals surface area (Å²) in [6.45, 7) is 8.75. The van der Waals surface area contributed by atoms with Gasteiger partial charge in [-0.15, -0.1) is 0 Å². The number of piperidine rings is 2. The van der Waals surface area contributed by atoms with Crippen molar-refractivity contribution >= 4 is 46.1 Å². The van der Waals surface area contributed by atoms with E-state index < -0.39 is 12.1 Å². The number of nitrogens with two attached hydrogens (primary N) is 1. The van der Waals surface area contributed by atoms with Gasteiger partial charge in [0.2, 0.25) is 0 Å². The third kappa shape index (κ3) is 5.68. The van der Waals surface area contributed by atoms with Crippen LogP contribution in [0, 0.1) is 0 Å². The fraction of sp³-hybridized carbons (Fsp3) is 0.538. The summed E-state index contributed by atoms with van der Waals surface area (Å²) in [7, 11) is 0. The van der Waals surface area contributed by atoms with Gasteiger partial charge in [-0.1, -0.05) is 49.5 Å². The van der Waals surface area contributed by atoms with Crippen molar-refractivity contribution in [2.45, 2.75) is 64.7 Å². The molecule has 0 spiro atoms. The molecule has 0 aliphatic carbocycles. The number of primary amides is 1. The summed E-state index contributed by atoms with van der Waals surface area (Å²) in [6.07, 6.45) is 4.81. The van der Waals surface area contributed by atoms with E-state index in [9.17, 15) is 4.79 Å². The van der Waals surface area contributed by atoms with Gasteiger partial charge < -0.3 is 10.6 Å². The predicted octanol–water partition coefficient (Wildman–Crippen LogP) is 5.27. The number of aromatic nitrogens is 4. The number of hydrogen-bond donors (Lipinski definition) is 1. The zero-order chi connectivity index (χ0) is 26.7. The molecular weight excluding hydrogens is 516 g/mol. The molecule has 2 aliphatic rings. The fourth-order valence-electron chi connectivity index (χ4n) is 5.22. The third-order valence-electron chi connectivity index (χ3n) is 7.09.